The van der Waals surface area contributed by atoms with Crippen LogP contribution in [0.2, 0.25) is 0 Å². The summed E-state index contributed by atoms with van der Waals surface area (Å²) in [7, 11) is 0. The van der Waals surface area contributed by atoms with Crippen molar-refractivity contribution in [1.82, 2.24) is 20.4 Å². The van der Waals surface area contributed by atoms with Crippen LogP contribution in [0.25, 0.3) is 5.69 Å². The summed E-state index contributed by atoms with van der Waals surface area (Å²) in [6.45, 7) is 3.89. The van der Waals surface area contributed by atoms with E-state index in [4.69, 9.17) is 5.73 Å². The Kier molecular flexibility index (Phi) is 8.15. The highest BCUT2D eigenvalue weighted by atomic mass is 19.1. The van der Waals surface area contributed by atoms with Crippen LogP contribution in [0.15, 0.2) is 48.5 Å². The molecule has 4 N–H and O–H groups in total. The molecule has 8 nitrogen and oxygen atoms in total. The number of aromatic nitrogens is 2. The number of carbonyl (C=O) groups excluding carboxylic acids is 2. The molecule has 0 fully saturated rings. The van der Waals surface area contributed by atoms with Gasteiger partial charge in [-0.1, -0.05) is 13.8 Å². The molecule has 3 aromatic rings. The van der Waals surface area contributed by atoms with Gasteiger partial charge in [-0.2, -0.15) is 10.4 Å². The second-order valence-electron chi connectivity index (χ2n) is 8.30. The first-order valence-corrected chi connectivity index (χ1v) is 11.1. The number of hydrogen-bond donors (Lipinski definition) is 3. The first kappa shape index (κ1) is 25.4. The molecule has 1 heterocycles. The molecule has 0 spiro atoms. The van der Waals surface area contributed by atoms with Crippen LogP contribution < -0.4 is 16.4 Å². The Bertz CT molecular complexity index is 1230. The molecule has 182 valence electrons. The first-order chi connectivity index (χ1) is 16.7. The van der Waals surface area contributed by atoms with Crippen LogP contribution in [0.5, 0.6) is 0 Å². The summed E-state index contributed by atoms with van der Waals surface area (Å²) in [5, 5.41) is 19.4. The quantitative estimate of drug-likeness (QED) is 0.406. The SMILES string of the molecule is CC(C)C(NC(=O)c1ccc(F)cc1)C(=O)NCCCc1nn(-c2ccc(F)cc2)c(N)c1C#N. The van der Waals surface area contributed by atoms with E-state index in [0.29, 0.717) is 24.2 Å². The Hall–Kier alpha value is -4.26. The fraction of sp³-hybridized carbons (Fsp3) is 0.280. The van der Waals surface area contributed by atoms with Crippen molar-refractivity contribution in [2.24, 2.45) is 5.92 Å². The van der Waals surface area contributed by atoms with Crippen LogP contribution in [-0.2, 0) is 11.2 Å². The fourth-order valence-corrected chi connectivity index (χ4v) is 3.49. The zero-order valence-electron chi connectivity index (χ0n) is 19.4. The third-order valence-electron chi connectivity index (χ3n) is 5.41. The number of hydrogen-bond acceptors (Lipinski definition) is 5. The number of nitrogen functional groups attached to an aromatic ring is 1. The van der Waals surface area contributed by atoms with Crippen molar-refractivity contribution in [3.63, 3.8) is 0 Å². The smallest absolute Gasteiger partial charge is 0.251 e. The number of carbonyl (C=O) groups is 2. The standard InChI is InChI=1S/C25H26F2N6O2/c1-15(2)22(31-24(34)16-5-7-17(26)8-6-16)25(35)30-13-3-4-21-20(14-28)23(29)33(32-21)19-11-9-18(27)10-12-19/h5-12,15,22H,3-4,13,29H2,1-2H3,(H,30,35)(H,31,34). The highest BCUT2D eigenvalue weighted by molar-refractivity contribution is 5.97. The summed E-state index contributed by atoms with van der Waals surface area (Å²) in [6, 6.07) is 11.9. The topological polar surface area (TPSA) is 126 Å². The summed E-state index contributed by atoms with van der Waals surface area (Å²) >= 11 is 0. The molecule has 1 unspecified atom stereocenters. The maximum atomic E-state index is 13.2. The average Bonchev–Trinajstić information content (AvgIpc) is 3.15. The van der Waals surface area contributed by atoms with Crippen LogP contribution in [0.3, 0.4) is 0 Å². The van der Waals surface area contributed by atoms with E-state index in [9.17, 15) is 23.6 Å². The molecule has 1 atom stereocenters. The van der Waals surface area contributed by atoms with Crippen LogP contribution in [0.1, 0.15) is 41.9 Å². The number of nitrogens with one attached hydrogen (secondary N) is 2. The Morgan fingerprint density at radius 1 is 1.09 bits per heavy atom. The molecule has 0 saturated carbocycles. The molecule has 0 aliphatic carbocycles. The normalized spacial score (nSPS) is 11.7. The van der Waals surface area contributed by atoms with Crippen molar-refractivity contribution < 1.29 is 18.4 Å². The molecule has 3 rings (SSSR count). The monoisotopic (exact) mass is 480 g/mol. The Morgan fingerprint density at radius 2 is 1.69 bits per heavy atom. The molecular weight excluding hydrogens is 454 g/mol. The van der Waals surface area contributed by atoms with Gasteiger partial charge in [-0.3, -0.25) is 9.59 Å². The van der Waals surface area contributed by atoms with Crippen LogP contribution in [-0.4, -0.2) is 34.2 Å². The Morgan fingerprint density at radius 3 is 2.26 bits per heavy atom. The molecular formula is C25H26F2N6O2. The van der Waals surface area contributed by atoms with E-state index in [-0.39, 0.29) is 35.3 Å². The van der Waals surface area contributed by atoms with Gasteiger partial charge in [-0.15, -0.1) is 0 Å². The van der Waals surface area contributed by atoms with E-state index in [1.54, 1.807) is 13.8 Å². The molecule has 0 saturated heterocycles. The van der Waals surface area contributed by atoms with Crippen molar-refractivity contribution in [2.75, 3.05) is 12.3 Å². The molecule has 0 radical (unpaired) electrons. The van der Waals surface area contributed by atoms with E-state index < -0.39 is 23.6 Å². The molecule has 0 aliphatic heterocycles. The Labute approximate surface area is 201 Å². The summed E-state index contributed by atoms with van der Waals surface area (Å²) in [5.74, 6) is -1.71. The third-order valence-corrected chi connectivity index (χ3v) is 5.41. The van der Waals surface area contributed by atoms with Crippen molar-refractivity contribution in [2.45, 2.75) is 32.7 Å². The number of nitrogens with zero attached hydrogens (tertiary/aromatic N) is 3. The number of rotatable bonds is 9. The highest BCUT2D eigenvalue weighted by Crippen LogP contribution is 2.21. The van der Waals surface area contributed by atoms with Gasteiger partial charge in [0.15, 0.2) is 0 Å². The Balaban J connectivity index is 1.59. The van der Waals surface area contributed by atoms with Gasteiger partial charge >= 0.3 is 0 Å². The maximum absolute atomic E-state index is 13.2. The maximum Gasteiger partial charge on any atom is 0.251 e. The van der Waals surface area contributed by atoms with Gasteiger partial charge < -0.3 is 16.4 Å². The summed E-state index contributed by atoms with van der Waals surface area (Å²) in [5.41, 5.74) is 7.54. The molecule has 10 heteroatoms. The van der Waals surface area contributed by atoms with E-state index in [1.165, 1.54) is 53.2 Å². The minimum Gasteiger partial charge on any atom is -0.382 e. The number of anilines is 1. The van der Waals surface area contributed by atoms with Gasteiger partial charge in [-0.05, 0) is 67.3 Å². The van der Waals surface area contributed by atoms with Gasteiger partial charge in [0, 0.05) is 12.1 Å². The lowest BCUT2D eigenvalue weighted by molar-refractivity contribution is -0.123. The molecule has 0 aliphatic rings. The molecule has 2 amide bonds. The molecule has 1 aromatic heterocycles. The number of halogens is 2. The summed E-state index contributed by atoms with van der Waals surface area (Å²) in [4.78, 5) is 25.1. The lowest BCUT2D eigenvalue weighted by atomic mass is 10.0. The van der Waals surface area contributed by atoms with E-state index in [2.05, 4.69) is 15.7 Å². The molecule has 35 heavy (non-hydrogen) atoms. The van der Waals surface area contributed by atoms with E-state index >= 15 is 0 Å². The average molecular weight is 481 g/mol. The van der Waals surface area contributed by atoms with Gasteiger partial charge in [0.2, 0.25) is 5.91 Å². The van der Waals surface area contributed by atoms with Crippen molar-refractivity contribution >= 4 is 17.6 Å². The van der Waals surface area contributed by atoms with Crippen LogP contribution in [0.4, 0.5) is 14.6 Å². The fourth-order valence-electron chi connectivity index (χ4n) is 3.49. The number of aryl methyl sites for hydroxylation is 1. The van der Waals surface area contributed by atoms with E-state index in [1.807, 2.05) is 6.07 Å². The minimum absolute atomic E-state index is 0.154. The predicted molar refractivity (Wildman–Crippen MR) is 126 cm³/mol. The highest BCUT2D eigenvalue weighted by Gasteiger charge is 2.24. The largest absolute Gasteiger partial charge is 0.382 e. The number of nitrogens with two attached hydrogens (primary N) is 1. The van der Waals surface area contributed by atoms with Crippen molar-refractivity contribution in [3.05, 3.63) is 77.0 Å². The van der Waals surface area contributed by atoms with E-state index in [0.717, 1.165) is 0 Å². The van der Waals surface area contributed by atoms with Crippen LogP contribution >= 0.6 is 0 Å². The predicted octanol–water partition coefficient (Wildman–Crippen LogP) is 3.11. The van der Waals surface area contributed by atoms with Gasteiger partial charge in [0.05, 0.1) is 11.4 Å². The van der Waals surface area contributed by atoms with Crippen molar-refractivity contribution in [3.8, 4) is 11.8 Å². The van der Waals surface area contributed by atoms with Gasteiger partial charge in [0.25, 0.3) is 5.91 Å². The lowest BCUT2D eigenvalue weighted by Crippen LogP contribution is -2.49. The second-order valence-corrected chi connectivity index (χ2v) is 8.30. The third kappa shape index (κ3) is 6.20. The zero-order valence-corrected chi connectivity index (χ0v) is 19.4. The lowest BCUT2D eigenvalue weighted by Gasteiger charge is -2.21. The molecule has 0 bridgehead atoms. The summed E-state index contributed by atoms with van der Waals surface area (Å²) in [6.07, 6.45) is 0.840. The number of amides is 2. The van der Waals surface area contributed by atoms with Gasteiger partial charge in [0.1, 0.15) is 35.1 Å². The zero-order chi connectivity index (χ0) is 25.5. The van der Waals surface area contributed by atoms with Crippen LogP contribution in [0, 0.1) is 28.9 Å². The first-order valence-electron chi connectivity index (χ1n) is 11.1. The minimum atomic E-state index is -0.782. The summed E-state index contributed by atoms with van der Waals surface area (Å²) < 4.78 is 27.7. The molecule has 2 aromatic carbocycles. The number of nitriles is 1. The van der Waals surface area contributed by atoms with Crippen molar-refractivity contribution in [1.29, 1.82) is 5.26 Å². The number of benzene rings is 2. The van der Waals surface area contributed by atoms with Gasteiger partial charge in [-0.25, -0.2) is 13.5 Å². The second kappa shape index (κ2) is 11.2.